The fourth-order valence-electron chi connectivity index (χ4n) is 4.03. The Morgan fingerprint density at radius 2 is 1.72 bits per heavy atom. The third kappa shape index (κ3) is 4.65. The number of nitrogens with zero attached hydrogens (tertiary/aromatic N) is 2. The lowest BCUT2D eigenvalue weighted by atomic mass is 10.1. The summed E-state index contributed by atoms with van der Waals surface area (Å²) in [6.07, 6.45) is 0. The highest BCUT2D eigenvalue weighted by Gasteiger charge is 2.42. The number of thioether (sulfide) groups is 1. The zero-order valence-corrected chi connectivity index (χ0v) is 20.9. The number of carbonyl (C=O) groups excluding carboxylic acids is 3. The van der Waals surface area contributed by atoms with Crippen molar-refractivity contribution >= 4 is 74.6 Å². The first-order chi connectivity index (χ1) is 17.3. The van der Waals surface area contributed by atoms with Gasteiger partial charge in [0.1, 0.15) is 16.7 Å². The van der Waals surface area contributed by atoms with E-state index < -0.39 is 17.7 Å². The van der Waals surface area contributed by atoms with Crippen LogP contribution in [0.3, 0.4) is 0 Å². The Labute approximate surface area is 220 Å². The van der Waals surface area contributed by atoms with Gasteiger partial charge in [0.25, 0.3) is 11.8 Å². The van der Waals surface area contributed by atoms with E-state index in [1.165, 1.54) is 21.9 Å². The van der Waals surface area contributed by atoms with Crippen LogP contribution in [0.5, 0.6) is 0 Å². The Hall–Kier alpha value is -3.53. The lowest BCUT2D eigenvalue weighted by Crippen LogP contribution is -2.35. The largest absolute Gasteiger partial charge is 0.324 e. The Morgan fingerprint density at radius 1 is 0.972 bits per heavy atom. The van der Waals surface area contributed by atoms with E-state index in [0.717, 1.165) is 11.8 Å². The van der Waals surface area contributed by atoms with Gasteiger partial charge in [0.2, 0.25) is 5.91 Å². The summed E-state index contributed by atoms with van der Waals surface area (Å²) in [6, 6.07) is 19.5. The number of hydrogen-bond donors (Lipinski definition) is 1. The summed E-state index contributed by atoms with van der Waals surface area (Å²) in [7, 11) is 0. The average Bonchev–Trinajstić information content (AvgIpc) is 3.28. The van der Waals surface area contributed by atoms with E-state index in [0.29, 0.717) is 31.8 Å². The van der Waals surface area contributed by atoms with Crippen molar-refractivity contribution in [3.8, 4) is 0 Å². The van der Waals surface area contributed by atoms with Crippen LogP contribution in [0, 0.1) is 5.82 Å². The minimum absolute atomic E-state index is 0.156. The number of thiocarbonyl (C=S) groups is 1. The van der Waals surface area contributed by atoms with E-state index in [4.69, 9.17) is 23.8 Å². The highest BCUT2D eigenvalue weighted by Crippen LogP contribution is 2.44. The van der Waals surface area contributed by atoms with Crippen molar-refractivity contribution < 1.29 is 18.8 Å². The van der Waals surface area contributed by atoms with Crippen LogP contribution in [-0.2, 0) is 20.9 Å². The van der Waals surface area contributed by atoms with Crippen LogP contribution in [-0.4, -0.2) is 33.5 Å². The second-order valence-electron chi connectivity index (χ2n) is 8.06. The molecule has 0 aliphatic carbocycles. The van der Waals surface area contributed by atoms with Crippen LogP contribution in [0.2, 0.25) is 5.02 Å². The Bertz CT molecular complexity index is 1460. The molecule has 3 aromatic carbocycles. The van der Waals surface area contributed by atoms with Gasteiger partial charge in [0.05, 0.1) is 22.7 Å². The molecule has 2 aliphatic heterocycles. The maximum atomic E-state index is 13.5. The van der Waals surface area contributed by atoms with Crippen LogP contribution in [0.4, 0.5) is 15.8 Å². The summed E-state index contributed by atoms with van der Waals surface area (Å²) in [5.41, 5.74) is 2.51. The molecule has 3 amide bonds. The molecule has 36 heavy (non-hydrogen) atoms. The number of para-hydroxylation sites is 1. The molecule has 1 N–H and O–H groups in total. The zero-order valence-electron chi connectivity index (χ0n) is 18.5. The predicted molar refractivity (Wildman–Crippen MR) is 143 cm³/mol. The highest BCUT2D eigenvalue weighted by atomic mass is 35.5. The summed E-state index contributed by atoms with van der Waals surface area (Å²) in [4.78, 5) is 42.6. The third-order valence-corrected chi connectivity index (χ3v) is 7.35. The van der Waals surface area contributed by atoms with Gasteiger partial charge < -0.3 is 5.32 Å². The van der Waals surface area contributed by atoms with Crippen molar-refractivity contribution in [1.82, 2.24) is 4.90 Å². The van der Waals surface area contributed by atoms with Crippen LogP contribution in [0.15, 0.2) is 77.7 Å². The molecule has 5 rings (SSSR count). The molecule has 0 unspecified atom stereocenters. The van der Waals surface area contributed by atoms with Crippen molar-refractivity contribution in [3.63, 3.8) is 0 Å². The van der Waals surface area contributed by atoms with E-state index in [1.807, 2.05) is 0 Å². The summed E-state index contributed by atoms with van der Waals surface area (Å²) in [5.74, 6) is -1.65. The third-order valence-electron chi connectivity index (χ3n) is 5.66. The Morgan fingerprint density at radius 3 is 2.47 bits per heavy atom. The normalized spacial score (nSPS) is 17.1. The molecule has 0 bridgehead atoms. The first kappa shape index (κ1) is 24.2. The van der Waals surface area contributed by atoms with E-state index >= 15 is 0 Å². The zero-order chi connectivity index (χ0) is 25.4. The van der Waals surface area contributed by atoms with Crippen molar-refractivity contribution in [1.29, 1.82) is 0 Å². The van der Waals surface area contributed by atoms with Crippen molar-refractivity contribution in [2.24, 2.45) is 0 Å². The van der Waals surface area contributed by atoms with E-state index in [-0.39, 0.29) is 29.4 Å². The number of rotatable bonds is 5. The van der Waals surface area contributed by atoms with Crippen molar-refractivity contribution in [3.05, 3.63) is 99.7 Å². The van der Waals surface area contributed by atoms with E-state index in [2.05, 4.69) is 5.32 Å². The first-order valence-corrected chi connectivity index (χ1v) is 12.4. The molecule has 10 heteroatoms. The molecule has 2 aliphatic rings. The highest BCUT2D eigenvalue weighted by molar-refractivity contribution is 8.26. The quantitative estimate of drug-likeness (QED) is 0.356. The standard InChI is InChI=1S/C26H17ClFN3O3S2/c27-16-4-3-5-18(12-16)29-21(32)14-30-20-7-2-1-6-19(20)22(24(30)33)23-25(34)31(26(35)36-23)13-15-8-10-17(28)11-9-15/h1-12H,13-14H2,(H,29,32)/b23-22+. The Balaban J connectivity index is 1.42. The second kappa shape index (κ2) is 9.85. The number of carbonyl (C=O) groups is 3. The molecule has 0 aromatic heterocycles. The number of hydrogen-bond acceptors (Lipinski definition) is 5. The number of benzene rings is 3. The van der Waals surface area contributed by atoms with Crippen LogP contribution in [0.25, 0.3) is 5.57 Å². The second-order valence-corrected chi connectivity index (χ2v) is 10.1. The molecule has 0 radical (unpaired) electrons. The van der Waals surface area contributed by atoms with Gasteiger partial charge in [0, 0.05) is 16.3 Å². The van der Waals surface area contributed by atoms with Gasteiger partial charge in [-0.1, -0.05) is 72.0 Å². The molecule has 0 spiro atoms. The number of halogens is 2. The maximum absolute atomic E-state index is 13.5. The topological polar surface area (TPSA) is 69.7 Å². The summed E-state index contributed by atoms with van der Waals surface area (Å²) >= 11 is 12.5. The number of amides is 3. The number of fused-ring (bicyclic) bond motifs is 1. The molecule has 1 saturated heterocycles. The molecule has 2 heterocycles. The summed E-state index contributed by atoms with van der Waals surface area (Å²) in [6.45, 7) is -0.0922. The number of anilines is 2. The smallest absolute Gasteiger partial charge is 0.267 e. The average molecular weight is 538 g/mol. The van der Waals surface area contributed by atoms with Crippen LogP contribution in [0.1, 0.15) is 11.1 Å². The van der Waals surface area contributed by atoms with E-state index in [9.17, 15) is 18.8 Å². The van der Waals surface area contributed by atoms with Crippen LogP contribution < -0.4 is 10.2 Å². The molecular formula is C26H17ClFN3O3S2. The minimum Gasteiger partial charge on any atom is -0.324 e. The van der Waals surface area contributed by atoms with Crippen molar-refractivity contribution in [2.75, 3.05) is 16.8 Å². The van der Waals surface area contributed by atoms with Crippen molar-refractivity contribution in [2.45, 2.75) is 6.54 Å². The van der Waals surface area contributed by atoms with E-state index in [1.54, 1.807) is 60.7 Å². The molecule has 1 fully saturated rings. The SMILES string of the molecule is O=C(CN1C(=O)/C(=C2/SC(=S)N(Cc3ccc(F)cc3)C2=O)c2ccccc21)Nc1cccc(Cl)c1. The predicted octanol–water partition coefficient (Wildman–Crippen LogP) is 5.24. The first-order valence-electron chi connectivity index (χ1n) is 10.8. The molecule has 3 aromatic rings. The minimum atomic E-state index is -0.459. The van der Waals surface area contributed by atoms with Crippen LogP contribution >= 0.6 is 35.6 Å². The fourth-order valence-corrected chi connectivity index (χ4v) is 5.54. The molecule has 180 valence electrons. The maximum Gasteiger partial charge on any atom is 0.267 e. The molecule has 6 nitrogen and oxygen atoms in total. The molecule has 0 atom stereocenters. The van der Waals surface area contributed by atoms with Gasteiger partial charge in [-0.15, -0.1) is 0 Å². The monoisotopic (exact) mass is 537 g/mol. The number of nitrogens with one attached hydrogen (secondary N) is 1. The van der Waals surface area contributed by atoms with Gasteiger partial charge in [0.15, 0.2) is 0 Å². The van der Waals surface area contributed by atoms with Gasteiger partial charge in [-0.2, -0.15) is 0 Å². The Kier molecular flexibility index (Phi) is 6.61. The van der Waals surface area contributed by atoms with Gasteiger partial charge in [-0.25, -0.2) is 4.39 Å². The summed E-state index contributed by atoms with van der Waals surface area (Å²) in [5, 5.41) is 3.21. The van der Waals surface area contributed by atoms with Gasteiger partial charge in [-0.05, 0) is 42.0 Å². The molecular weight excluding hydrogens is 521 g/mol. The fraction of sp³-hybridized carbons (Fsp3) is 0.0769. The van der Waals surface area contributed by atoms with Gasteiger partial charge >= 0.3 is 0 Å². The van der Waals surface area contributed by atoms with Gasteiger partial charge in [-0.3, -0.25) is 24.2 Å². The lowest BCUT2D eigenvalue weighted by Gasteiger charge is -2.17. The lowest BCUT2D eigenvalue weighted by molar-refractivity contribution is -0.122. The molecule has 0 saturated carbocycles. The summed E-state index contributed by atoms with van der Waals surface area (Å²) < 4.78 is 13.6.